The van der Waals surface area contributed by atoms with Gasteiger partial charge in [-0.15, -0.1) is 11.3 Å². The number of hydrogen-bond acceptors (Lipinski definition) is 4. The maximum absolute atomic E-state index is 6.16. The maximum Gasteiger partial charge on any atom is 0.191 e. The Morgan fingerprint density at radius 1 is 1.21 bits per heavy atom. The van der Waals surface area contributed by atoms with E-state index < -0.39 is 0 Å². The van der Waals surface area contributed by atoms with Crippen LogP contribution in [0.2, 0.25) is 5.02 Å². The van der Waals surface area contributed by atoms with Gasteiger partial charge in [0.05, 0.1) is 12.2 Å². The molecule has 1 aliphatic rings. The molecule has 2 aromatic rings. The summed E-state index contributed by atoms with van der Waals surface area (Å²) in [5, 5.41) is 1.79. The normalized spacial score (nSPS) is 15.9. The van der Waals surface area contributed by atoms with E-state index in [0.717, 1.165) is 41.9 Å². The van der Waals surface area contributed by atoms with Gasteiger partial charge in [0.15, 0.2) is 5.96 Å². The van der Waals surface area contributed by atoms with Crippen molar-refractivity contribution in [3.8, 4) is 0 Å². The van der Waals surface area contributed by atoms with Crippen molar-refractivity contribution in [3.05, 3.63) is 44.9 Å². The first-order valence-corrected chi connectivity index (χ1v) is 9.20. The van der Waals surface area contributed by atoms with Crippen LogP contribution in [0.5, 0.6) is 0 Å². The van der Waals surface area contributed by atoms with Gasteiger partial charge < -0.3 is 15.5 Å². The van der Waals surface area contributed by atoms with E-state index in [0.29, 0.717) is 12.5 Å². The van der Waals surface area contributed by atoms with Gasteiger partial charge in [0.1, 0.15) is 5.01 Å². The van der Waals surface area contributed by atoms with E-state index in [1.807, 2.05) is 19.1 Å². The predicted molar refractivity (Wildman–Crippen MR) is 102 cm³/mol. The second-order valence-electron chi connectivity index (χ2n) is 5.87. The minimum Gasteiger partial charge on any atom is -0.370 e. The Labute approximate surface area is 151 Å². The van der Waals surface area contributed by atoms with Crippen molar-refractivity contribution in [2.24, 2.45) is 10.7 Å². The van der Waals surface area contributed by atoms with Crippen LogP contribution < -0.4 is 10.6 Å². The summed E-state index contributed by atoms with van der Waals surface area (Å²) in [5.41, 5.74) is 8.44. The van der Waals surface area contributed by atoms with Gasteiger partial charge in [-0.25, -0.2) is 9.98 Å². The third-order valence-electron chi connectivity index (χ3n) is 4.24. The number of piperazine rings is 1. The quantitative estimate of drug-likeness (QED) is 0.672. The number of thiazole rings is 1. The van der Waals surface area contributed by atoms with Gasteiger partial charge in [0, 0.05) is 41.8 Å². The van der Waals surface area contributed by atoms with Crippen molar-refractivity contribution < 1.29 is 0 Å². The van der Waals surface area contributed by atoms with Crippen molar-refractivity contribution in [2.45, 2.75) is 20.4 Å². The van der Waals surface area contributed by atoms with E-state index in [1.165, 1.54) is 10.6 Å². The lowest BCUT2D eigenvalue weighted by atomic mass is 10.2. The van der Waals surface area contributed by atoms with Crippen LogP contribution in [-0.2, 0) is 6.54 Å². The first-order chi connectivity index (χ1) is 11.5. The molecule has 0 aliphatic carbocycles. The van der Waals surface area contributed by atoms with Gasteiger partial charge in [0.25, 0.3) is 0 Å². The van der Waals surface area contributed by atoms with E-state index in [-0.39, 0.29) is 0 Å². The van der Waals surface area contributed by atoms with Crippen LogP contribution >= 0.6 is 22.9 Å². The predicted octanol–water partition coefficient (Wildman–Crippen LogP) is 3.05. The molecule has 7 heteroatoms. The van der Waals surface area contributed by atoms with Crippen LogP contribution in [0.3, 0.4) is 0 Å². The molecule has 2 N–H and O–H groups in total. The number of nitrogens with two attached hydrogens (primary N) is 1. The third kappa shape index (κ3) is 3.99. The molecule has 0 bridgehead atoms. The zero-order valence-corrected chi connectivity index (χ0v) is 15.6. The van der Waals surface area contributed by atoms with Crippen LogP contribution in [-0.4, -0.2) is 42.0 Å². The molecule has 2 heterocycles. The molecule has 1 aromatic heterocycles. The first-order valence-electron chi connectivity index (χ1n) is 8.01. The van der Waals surface area contributed by atoms with Crippen LogP contribution in [0, 0.1) is 13.8 Å². The van der Waals surface area contributed by atoms with Crippen molar-refractivity contribution >= 4 is 34.6 Å². The standard InChI is InChI=1S/C17H22ClN5S/c1-12-13(2)24-16(21-12)11-20-17(19)23-9-7-22(8-10-23)15-5-3-14(18)4-6-15/h3-6H,7-11H2,1-2H3,(H2,19,20). The topological polar surface area (TPSA) is 57.8 Å². The summed E-state index contributed by atoms with van der Waals surface area (Å²) in [6.07, 6.45) is 0. The minimum absolute atomic E-state index is 0.558. The van der Waals surface area contributed by atoms with Gasteiger partial charge in [-0.05, 0) is 38.1 Å². The number of benzene rings is 1. The van der Waals surface area contributed by atoms with Gasteiger partial charge in [0.2, 0.25) is 0 Å². The Morgan fingerprint density at radius 2 is 1.88 bits per heavy atom. The van der Waals surface area contributed by atoms with Crippen molar-refractivity contribution in [3.63, 3.8) is 0 Å². The van der Waals surface area contributed by atoms with E-state index >= 15 is 0 Å². The highest BCUT2D eigenvalue weighted by molar-refractivity contribution is 7.11. The minimum atomic E-state index is 0.558. The number of rotatable bonds is 3. The number of guanidine groups is 1. The van der Waals surface area contributed by atoms with Gasteiger partial charge in [-0.2, -0.15) is 0 Å². The summed E-state index contributed by atoms with van der Waals surface area (Å²) in [6, 6.07) is 7.97. The Morgan fingerprint density at radius 3 is 2.46 bits per heavy atom. The molecule has 1 aliphatic heterocycles. The van der Waals surface area contributed by atoms with Crippen LogP contribution in [0.4, 0.5) is 5.69 Å². The zero-order chi connectivity index (χ0) is 17.1. The number of aryl methyl sites for hydroxylation is 2. The molecule has 0 radical (unpaired) electrons. The largest absolute Gasteiger partial charge is 0.370 e. The summed E-state index contributed by atoms with van der Waals surface area (Å²) in [5.74, 6) is 0.608. The number of halogens is 1. The lowest BCUT2D eigenvalue weighted by Gasteiger charge is -2.36. The summed E-state index contributed by atoms with van der Waals surface area (Å²) in [7, 11) is 0. The van der Waals surface area contributed by atoms with Gasteiger partial charge >= 0.3 is 0 Å². The molecule has 0 saturated carbocycles. The lowest BCUT2D eigenvalue weighted by molar-refractivity contribution is 0.380. The molecule has 24 heavy (non-hydrogen) atoms. The van der Waals surface area contributed by atoms with E-state index in [4.69, 9.17) is 17.3 Å². The highest BCUT2D eigenvalue weighted by Crippen LogP contribution is 2.20. The molecule has 1 saturated heterocycles. The summed E-state index contributed by atoms with van der Waals surface area (Å²) in [6.45, 7) is 8.25. The number of anilines is 1. The van der Waals surface area contributed by atoms with Crippen molar-refractivity contribution in [1.82, 2.24) is 9.88 Å². The van der Waals surface area contributed by atoms with Crippen molar-refractivity contribution in [2.75, 3.05) is 31.1 Å². The fourth-order valence-electron chi connectivity index (χ4n) is 2.70. The Bertz CT molecular complexity index is 698. The molecular weight excluding hydrogens is 342 g/mol. The highest BCUT2D eigenvalue weighted by atomic mass is 35.5. The Kier molecular flexibility index (Phi) is 5.26. The SMILES string of the molecule is Cc1nc(CN=C(N)N2CCN(c3ccc(Cl)cc3)CC2)sc1C. The summed E-state index contributed by atoms with van der Waals surface area (Å²) < 4.78 is 0. The zero-order valence-electron chi connectivity index (χ0n) is 14.0. The molecule has 1 fully saturated rings. The molecule has 1 aromatic carbocycles. The van der Waals surface area contributed by atoms with Gasteiger partial charge in [-0.3, -0.25) is 0 Å². The average Bonchev–Trinajstić information content (AvgIpc) is 2.92. The third-order valence-corrected chi connectivity index (χ3v) is 5.55. The summed E-state index contributed by atoms with van der Waals surface area (Å²) in [4.78, 5) is 14.7. The number of aliphatic imine (C=N–C) groups is 1. The van der Waals surface area contributed by atoms with Gasteiger partial charge in [-0.1, -0.05) is 11.6 Å². The van der Waals surface area contributed by atoms with Crippen LogP contribution in [0.1, 0.15) is 15.6 Å². The molecule has 0 atom stereocenters. The maximum atomic E-state index is 6.16. The fourth-order valence-corrected chi connectivity index (χ4v) is 3.69. The fraction of sp³-hybridized carbons (Fsp3) is 0.412. The highest BCUT2D eigenvalue weighted by Gasteiger charge is 2.18. The van der Waals surface area contributed by atoms with E-state index in [9.17, 15) is 0 Å². The number of aromatic nitrogens is 1. The molecule has 3 rings (SSSR count). The molecule has 0 amide bonds. The van der Waals surface area contributed by atoms with Crippen LogP contribution in [0.15, 0.2) is 29.3 Å². The lowest BCUT2D eigenvalue weighted by Crippen LogP contribution is -2.51. The number of hydrogen-bond donors (Lipinski definition) is 1. The molecular formula is C17H22ClN5S. The smallest absolute Gasteiger partial charge is 0.191 e. The van der Waals surface area contributed by atoms with Crippen LogP contribution in [0.25, 0.3) is 0 Å². The molecule has 0 spiro atoms. The monoisotopic (exact) mass is 363 g/mol. The second kappa shape index (κ2) is 7.40. The van der Waals surface area contributed by atoms with Crippen molar-refractivity contribution in [1.29, 1.82) is 0 Å². The average molecular weight is 364 g/mol. The second-order valence-corrected chi connectivity index (χ2v) is 7.60. The molecule has 5 nitrogen and oxygen atoms in total. The molecule has 0 unspecified atom stereocenters. The Balaban J connectivity index is 1.55. The number of nitrogens with zero attached hydrogens (tertiary/aromatic N) is 4. The summed E-state index contributed by atoms with van der Waals surface area (Å²) >= 11 is 7.64. The van der Waals surface area contributed by atoms with E-state index in [2.05, 4.69) is 38.8 Å². The molecule has 128 valence electrons. The first kappa shape index (κ1) is 17.0. The Hall–Kier alpha value is -1.79. The van der Waals surface area contributed by atoms with E-state index in [1.54, 1.807) is 11.3 Å².